The number of halogens is 1. The highest BCUT2D eigenvalue weighted by Gasteiger charge is 2.17. The second-order valence-electron chi connectivity index (χ2n) is 7.54. The van der Waals surface area contributed by atoms with E-state index < -0.39 is 0 Å². The fraction of sp³-hybridized carbons (Fsp3) is 0.333. The summed E-state index contributed by atoms with van der Waals surface area (Å²) >= 11 is 3.39. The molecular weight excluding hydrogens is 408 g/mol. The van der Waals surface area contributed by atoms with Gasteiger partial charge in [-0.1, -0.05) is 15.9 Å². The van der Waals surface area contributed by atoms with Gasteiger partial charge >= 0.3 is 0 Å². The molecule has 0 fully saturated rings. The Kier molecular flexibility index (Phi) is 6.65. The molecule has 0 radical (unpaired) electrons. The Morgan fingerprint density at radius 3 is 2.19 bits per heavy atom. The third-order valence-electron chi connectivity index (χ3n) is 3.44. The first-order valence-corrected chi connectivity index (χ1v) is 9.54. The van der Waals surface area contributed by atoms with Crippen LogP contribution in [0.5, 0.6) is 5.75 Å². The molecule has 2 aromatic rings. The molecule has 5 nitrogen and oxygen atoms in total. The summed E-state index contributed by atoms with van der Waals surface area (Å²) in [5, 5.41) is 5.75. The highest BCUT2D eigenvalue weighted by Crippen LogP contribution is 2.25. The van der Waals surface area contributed by atoms with E-state index in [9.17, 15) is 9.59 Å². The van der Waals surface area contributed by atoms with Crippen LogP contribution in [0.3, 0.4) is 0 Å². The molecule has 0 saturated carbocycles. The fourth-order valence-corrected chi connectivity index (χ4v) is 2.71. The molecule has 2 rings (SSSR count). The molecule has 0 aliphatic carbocycles. The number of anilines is 1. The molecule has 0 atom stereocenters. The minimum absolute atomic E-state index is 0.0432. The smallest absolute Gasteiger partial charge is 0.259 e. The van der Waals surface area contributed by atoms with E-state index in [1.807, 2.05) is 40.7 Å². The van der Waals surface area contributed by atoms with Crippen LogP contribution in [0.15, 0.2) is 46.9 Å². The van der Waals surface area contributed by atoms with Crippen LogP contribution in [0.4, 0.5) is 5.69 Å². The normalized spacial score (nSPS) is 11.2. The van der Waals surface area contributed by atoms with Gasteiger partial charge in [-0.05, 0) is 77.1 Å². The zero-order chi connectivity index (χ0) is 20.2. The summed E-state index contributed by atoms with van der Waals surface area (Å²) in [5.41, 5.74) is 1.27. The van der Waals surface area contributed by atoms with Crippen molar-refractivity contribution in [3.8, 4) is 5.75 Å². The van der Waals surface area contributed by atoms with Crippen molar-refractivity contribution in [1.82, 2.24) is 5.32 Å². The number of ether oxygens (including phenoxy) is 1. The van der Waals surface area contributed by atoms with Gasteiger partial charge in [0, 0.05) is 21.3 Å². The van der Waals surface area contributed by atoms with Crippen molar-refractivity contribution in [1.29, 1.82) is 0 Å². The van der Waals surface area contributed by atoms with Crippen molar-refractivity contribution < 1.29 is 14.3 Å². The van der Waals surface area contributed by atoms with E-state index in [1.165, 1.54) is 0 Å². The lowest BCUT2D eigenvalue weighted by Gasteiger charge is -2.20. The van der Waals surface area contributed by atoms with Gasteiger partial charge < -0.3 is 15.4 Å². The molecule has 0 bridgehead atoms. The van der Waals surface area contributed by atoms with Gasteiger partial charge in [-0.25, -0.2) is 0 Å². The predicted octanol–water partition coefficient (Wildman–Crippen LogP) is 5.02. The third-order valence-corrected chi connectivity index (χ3v) is 3.94. The van der Waals surface area contributed by atoms with E-state index in [-0.39, 0.29) is 23.5 Å². The Morgan fingerprint density at radius 1 is 1.00 bits per heavy atom. The highest BCUT2D eigenvalue weighted by atomic mass is 79.9. The molecule has 0 aliphatic heterocycles. The predicted molar refractivity (Wildman–Crippen MR) is 112 cm³/mol. The number of nitrogens with one attached hydrogen (secondary N) is 2. The molecular formula is C21H25BrN2O3. The van der Waals surface area contributed by atoms with Crippen LogP contribution in [0.2, 0.25) is 0 Å². The van der Waals surface area contributed by atoms with E-state index in [0.717, 1.165) is 4.47 Å². The molecule has 0 unspecified atom stereocenters. The Bertz CT molecular complexity index is 824. The quantitative estimate of drug-likeness (QED) is 0.696. The number of carbonyl (C=O) groups is 2. The van der Waals surface area contributed by atoms with Crippen molar-refractivity contribution >= 4 is 33.4 Å². The van der Waals surface area contributed by atoms with Crippen LogP contribution >= 0.6 is 15.9 Å². The average molecular weight is 433 g/mol. The van der Waals surface area contributed by atoms with Crippen molar-refractivity contribution in [2.24, 2.45) is 0 Å². The minimum Gasteiger partial charge on any atom is -0.490 e. The summed E-state index contributed by atoms with van der Waals surface area (Å²) in [7, 11) is 0. The lowest BCUT2D eigenvalue weighted by Crippen LogP contribution is -2.40. The van der Waals surface area contributed by atoms with Crippen molar-refractivity contribution in [3.05, 3.63) is 58.1 Å². The van der Waals surface area contributed by atoms with E-state index in [2.05, 4.69) is 26.6 Å². The molecule has 144 valence electrons. The molecule has 6 heteroatoms. The van der Waals surface area contributed by atoms with Crippen molar-refractivity contribution in [2.45, 2.75) is 46.3 Å². The van der Waals surface area contributed by atoms with Gasteiger partial charge in [-0.3, -0.25) is 9.59 Å². The molecule has 0 aromatic heterocycles. The molecule has 2 aromatic carbocycles. The Hall–Kier alpha value is -2.34. The standard InChI is InChI=1S/C21H25BrN2O3/c1-13(2)27-18-11-8-15(22)12-17(18)20(26)23-16-9-6-14(7-10-16)19(25)24-21(3,4)5/h6-13H,1-5H3,(H,23,26)(H,24,25). The van der Waals surface area contributed by atoms with E-state index >= 15 is 0 Å². The maximum atomic E-state index is 12.7. The first-order chi connectivity index (χ1) is 12.5. The maximum absolute atomic E-state index is 12.7. The van der Waals surface area contributed by atoms with Gasteiger partial charge in [-0.2, -0.15) is 0 Å². The van der Waals surface area contributed by atoms with Crippen LogP contribution in [-0.4, -0.2) is 23.5 Å². The third kappa shape index (κ3) is 6.40. The van der Waals surface area contributed by atoms with Gasteiger partial charge in [0.05, 0.1) is 11.7 Å². The number of hydrogen-bond acceptors (Lipinski definition) is 3. The van der Waals surface area contributed by atoms with E-state index in [4.69, 9.17) is 4.74 Å². The van der Waals surface area contributed by atoms with Gasteiger partial charge in [0.25, 0.3) is 11.8 Å². The SMILES string of the molecule is CC(C)Oc1ccc(Br)cc1C(=O)Nc1ccc(C(=O)NC(C)(C)C)cc1. The van der Waals surface area contributed by atoms with Crippen molar-refractivity contribution in [2.75, 3.05) is 5.32 Å². The second-order valence-corrected chi connectivity index (χ2v) is 8.46. The first kappa shape index (κ1) is 21.0. The summed E-state index contributed by atoms with van der Waals surface area (Å²) in [5.74, 6) is 0.0886. The number of amides is 2. The molecule has 27 heavy (non-hydrogen) atoms. The van der Waals surface area contributed by atoms with Gasteiger partial charge in [0.1, 0.15) is 5.75 Å². The van der Waals surface area contributed by atoms with Gasteiger partial charge in [0.15, 0.2) is 0 Å². The molecule has 2 N–H and O–H groups in total. The largest absolute Gasteiger partial charge is 0.490 e. The summed E-state index contributed by atoms with van der Waals surface area (Å²) in [6.07, 6.45) is -0.0432. The zero-order valence-corrected chi connectivity index (χ0v) is 17.8. The van der Waals surface area contributed by atoms with Crippen LogP contribution in [0, 0.1) is 0 Å². The molecule has 0 aliphatic rings. The van der Waals surface area contributed by atoms with Gasteiger partial charge in [-0.15, -0.1) is 0 Å². The molecule has 0 heterocycles. The summed E-state index contributed by atoms with van der Waals surface area (Å²) < 4.78 is 6.51. The van der Waals surface area contributed by atoms with E-state index in [1.54, 1.807) is 36.4 Å². The van der Waals surface area contributed by atoms with Crippen LogP contribution < -0.4 is 15.4 Å². The van der Waals surface area contributed by atoms with E-state index in [0.29, 0.717) is 22.6 Å². The Labute approximate surface area is 168 Å². The first-order valence-electron chi connectivity index (χ1n) is 8.75. The van der Waals surface area contributed by atoms with Crippen LogP contribution in [0.25, 0.3) is 0 Å². The molecule has 0 saturated heterocycles. The summed E-state index contributed by atoms with van der Waals surface area (Å²) in [4.78, 5) is 24.9. The minimum atomic E-state index is -0.308. The average Bonchev–Trinajstić information content (AvgIpc) is 2.55. The monoisotopic (exact) mass is 432 g/mol. The lowest BCUT2D eigenvalue weighted by molar-refractivity contribution is 0.0919. The van der Waals surface area contributed by atoms with Crippen molar-refractivity contribution in [3.63, 3.8) is 0 Å². The fourth-order valence-electron chi connectivity index (χ4n) is 2.35. The second kappa shape index (κ2) is 8.57. The molecule has 2 amide bonds. The number of carbonyl (C=O) groups excluding carboxylic acids is 2. The maximum Gasteiger partial charge on any atom is 0.259 e. The summed E-state index contributed by atoms with van der Waals surface area (Å²) in [6, 6.07) is 12.1. The van der Waals surface area contributed by atoms with Crippen LogP contribution in [-0.2, 0) is 0 Å². The number of rotatable bonds is 5. The zero-order valence-electron chi connectivity index (χ0n) is 16.2. The topological polar surface area (TPSA) is 67.4 Å². The lowest BCUT2D eigenvalue weighted by atomic mass is 10.1. The number of hydrogen-bond donors (Lipinski definition) is 2. The molecule has 0 spiro atoms. The Balaban J connectivity index is 2.15. The summed E-state index contributed by atoms with van der Waals surface area (Å²) in [6.45, 7) is 9.59. The van der Waals surface area contributed by atoms with Crippen LogP contribution in [0.1, 0.15) is 55.3 Å². The van der Waals surface area contributed by atoms with Gasteiger partial charge in [0.2, 0.25) is 0 Å². The Morgan fingerprint density at radius 2 is 1.63 bits per heavy atom. The number of benzene rings is 2. The highest BCUT2D eigenvalue weighted by molar-refractivity contribution is 9.10.